The molecular formula is C58H94O26. The second kappa shape index (κ2) is 24.1. The summed E-state index contributed by atoms with van der Waals surface area (Å²) in [5.74, 6) is -0.880. The molecule has 26 nitrogen and oxygen atoms in total. The summed E-state index contributed by atoms with van der Waals surface area (Å²) in [6.07, 6.45) is -28.6. The third-order valence-corrected chi connectivity index (χ3v) is 22.8. The van der Waals surface area contributed by atoms with Gasteiger partial charge in [0, 0.05) is 5.41 Å². The van der Waals surface area contributed by atoms with Crippen molar-refractivity contribution in [2.24, 2.45) is 50.2 Å². The highest BCUT2D eigenvalue weighted by Gasteiger charge is 2.71. The van der Waals surface area contributed by atoms with Gasteiger partial charge in [0.1, 0.15) is 104 Å². The maximum absolute atomic E-state index is 15.1. The van der Waals surface area contributed by atoms with E-state index in [4.69, 9.17) is 47.4 Å². The summed E-state index contributed by atoms with van der Waals surface area (Å²) in [7, 11) is 0. The zero-order valence-electron chi connectivity index (χ0n) is 49.0. The maximum atomic E-state index is 15.1. The lowest BCUT2D eigenvalue weighted by molar-refractivity contribution is -0.379. The Balaban J connectivity index is 0.850. The quantitative estimate of drug-likeness (QED) is 0.0499. The normalized spacial score (nSPS) is 54.9. The topological polar surface area (TPSA) is 413 Å². The number of ether oxygens (including phenoxy) is 10. The fraction of sp³-hybridized carbons (Fsp3) is 0.948. The lowest BCUT2D eigenvalue weighted by Gasteiger charge is -2.71. The Bertz CT molecular complexity index is 2330. The monoisotopic (exact) mass is 1210 g/mol. The molecule has 84 heavy (non-hydrogen) atoms. The van der Waals surface area contributed by atoms with Crippen LogP contribution in [0.15, 0.2) is 11.6 Å². The number of allylic oxidation sites excluding steroid dienone is 2. The van der Waals surface area contributed by atoms with Gasteiger partial charge in [-0.1, -0.05) is 53.2 Å². The highest BCUT2D eigenvalue weighted by Crippen LogP contribution is 2.76. The van der Waals surface area contributed by atoms with Crippen LogP contribution in [-0.2, 0) is 52.2 Å². The molecule has 0 amide bonds. The van der Waals surface area contributed by atoms with Crippen molar-refractivity contribution in [3.63, 3.8) is 0 Å². The Morgan fingerprint density at radius 2 is 1.18 bits per heavy atom. The average molecular weight is 1210 g/mol. The molecule has 0 aromatic heterocycles. The van der Waals surface area contributed by atoms with E-state index in [1.54, 1.807) is 0 Å². The molecule has 4 saturated carbocycles. The Hall–Kier alpha value is -1.75. The molecule has 15 N–H and O–H groups in total. The summed E-state index contributed by atoms with van der Waals surface area (Å²) in [6.45, 7) is 12.6. The number of aliphatic hydroxyl groups is 15. The van der Waals surface area contributed by atoms with E-state index in [0.29, 0.717) is 57.8 Å². The van der Waals surface area contributed by atoms with Gasteiger partial charge in [0.25, 0.3) is 0 Å². The Morgan fingerprint density at radius 1 is 0.571 bits per heavy atom. The average Bonchev–Trinajstić information content (AvgIpc) is 0.836. The van der Waals surface area contributed by atoms with Crippen LogP contribution < -0.4 is 0 Å². The van der Waals surface area contributed by atoms with Crippen molar-refractivity contribution in [1.29, 1.82) is 0 Å². The molecule has 10 rings (SSSR count). The smallest absolute Gasteiger partial charge is 0.315 e. The molecule has 26 heteroatoms. The van der Waals surface area contributed by atoms with Gasteiger partial charge in [0.15, 0.2) is 25.2 Å². The molecule has 5 saturated heterocycles. The zero-order valence-corrected chi connectivity index (χ0v) is 49.0. The van der Waals surface area contributed by atoms with E-state index in [1.807, 2.05) is 6.92 Å². The minimum atomic E-state index is -1.86. The fourth-order valence-corrected chi connectivity index (χ4v) is 17.3. The van der Waals surface area contributed by atoms with Crippen molar-refractivity contribution < 1.29 is 129 Å². The molecule has 0 unspecified atom stereocenters. The molecular weight excluding hydrogens is 1110 g/mol. The minimum Gasteiger partial charge on any atom is -0.432 e. The summed E-state index contributed by atoms with van der Waals surface area (Å²) in [5.41, 5.74) is -1.98. The summed E-state index contributed by atoms with van der Waals surface area (Å²) in [6, 6.07) is 0. The molecule has 5 heterocycles. The lowest BCUT2D eigenvalue weighted by atomic mass is 9.33. The van der Waals surface area contributed by atoms with Crippen LogP contribution in [0.2, 0.25) is 0 Å². The fourth-order valence-electron chi connectivity index (χ4n) is 17.3. The largest absolute Gasteiger partial charge is 0.432 e. The number of esters is 1. The first-order valence-corrected chi connectivity index (χ1v) is 30.2. The van der Waals surface area contributed by atoms with Gasteiger partial charge in [-0.15, -0.1) is 0 Å². The van der Waals surface area contributed by atoms with Gasteiger partial charge in [0.2, 0.25) is 6.29 Å². The van der Waals surface area contributed by atoms with Gasteiger partial charge in [0.05, 0.1) is 50.7 Å². The third kappa shape index (κ3) is 10.9. The van der Waals surface area contributed by atoms with Crippen LogP contribution in [0.25, 0.3) is 0 Å². The number of rotatable bonds is 13. The van der Waals surface area contributed by atoms with Crippen LogP contribution in [0.3, 0.4) is 0 Å². The molecule has 0 aromatic carbocycles. The molecule has 0 aromatic rings. The van der Waals surface area contributed by atoms with Crippen LogP contribution in [-0.4, -0.2) is 263 Å². The second-order valence-corrected chi connectivity index (χ2v) is 28.1. The molecule has 0 bridgehead atoms. The SMILES string of the molecule is C[C@@H]1O[C@@H](O[C@@H]2[C@@H](O[C@H]3CC[C@@]4(C)[C@@H](CC[C@]5(C)[C@@H]4CC=C4[C@@H]6CC(C)(C)CC[C@]6(C(=O)O[C@@H]6O[C@H](CO[C@@H]7O[C@H](CO)[C@@H](O)[C@H](O)[C@H]7O)[C@@H](O)[C@H](O)[C@H]6O)CC[C@]45C)[C@]3(C)CO)OC[C@@H](O)[C@H]2O)[C@H](O)[C@H](O[C@@H]2OC[C@@H](O)[C@H](O)[C@H]2O)[C@H]1O. The van der Waals surface area contributed by atoms with Crippen molar-refractivity contribution >= 4 is 5.97 Å². The van der Waals surface area contributed by atoms with Crippen molar-refractivity contribution in [1.82, 2.24) is 0 Å². The Morgan fingerprint density at radius 3 is 1.86 bits per heavy atom. The molecule has 5 aliphatic heterocycles. The number of aliphatic hydroxyl groups excluding tert-OH is 15. The van der Waals surface area contributed by atoms with Gasteiger partial charge >= 0.3 is 5.97 Å². The van der Waals surface area contributed by atoms with Crippen molar-refractivity contribution in [2.75, 3.05) is 33.0 Å². The molecule has 0 radical (unpaired) electrons. The van der Waals surface area contributed by atoms with Crippen LogP contribution in [0, 0.1) is 50.2 Å². The first-order valence-electron chi connectivity index (χ1n) is 30.2. The third-order valence-electron chi connectivity index (χ3n) is 22.8. The predicted molar refractivity (Wildman–Crippen MR) is 283 cm³/mol. The van der Waals surface area contributed by atoms with E-state index in [-0.39, 0.29) is 47.2 Å². The van der Waals surface area contributed by atoms with Gasteiger partial charge in [-0.3, -0.25) is 4.79 Å². The standard InChI is InChI=1S/C58H94O26/c1-24-34(63)45(82-48-41(70)35(64)27(61)20-75-48)44(73)50(78-24)83-46-36(65)28(62)21-76-51(46)81-33-11-12-54(4)31(55(33,5)23-60)10-13-57(7)32(54)9-8-25-26-18-53(2,3)14-16-58(26,17-15-56(25,57)6)52(74)84-49-43(72)40(69)38(67)30(80-49)22-77-47-42(71)39(68)37(66)29(19-59)79-47/h8,24,26-51,59-73H,9-23H2,1-7H3/t24-,26-,27+,28+,29+,30+,31+,32+,33-,34-,35-,36+,37+,38+,39-,40-,41+,42+,43+,44+,45+,46-,47+,48-,49-,50-,51+,54-,55-,56+,57+,58-/m0/s1. The van der Waals surface area contributed by atoms with Crippen molar-refractivity contribution in [3.8, 4) is 0 Å². The predicted octanol–water partition coefficient (Wildman–Crippen LogP) is -2.93. The first-order chi connectivity index (χ1) is 39.4. The molecule has 10 aliphatic rings. The van der Waals surface area contributed by atoms with Gasteiger partial charge in [-0.05, 0) is 111 Å². The van der Waals surface area contributed by atoms with E-state index in [2.05, 4.69) is 40.7 Å². The van der Waals surface area contributed by atoms with E-state index in [1.165, 1.54) is 12.5 Å². The van der Waals surface area contributed by atoms with Crippen molar-refractivity contribution in [3.05, 3.63) is 11.6 Å². The van der Waals surface area contributed by atoms with Crippen LogP contribution in [0.1, 0.15) is 113 Å². The van der Waals surface area contributed by atoms with E-state index < -0.39 is 189 Å². The van der Waals surface area contributed by atoms with Gasteiger partial charge < -0.3 is 124 Å². The van der Waals surface area contributed by atoms with Gasteiger partial charge in [-0.25, -0.2) is 0 Å². The Labute approximate surface area is 488 Å². The Kier molecular flexibility index (Phi) is 18.7. The number of hydrogen-bond donors (Lipinski definition) is 15. The van der Waals surface area contributed by atoms with Gasteiger partial charge in [-0.2, -0.15) is 0 Å². The second-order valence-electron chi connectivity index (χ2n) is 28.1. The molecule has 9 fully saturated rings. The summed E-state index contributed by atoms with van der Waals surface area (Å²) >= 11 is 0. The molecule has 0 spiro atoms. The first kappa shape index (κ1) is 65.2. The van der Waals surface area contributed by atoms with Crippen LogP contribution >= 0.6 is 0 Å². The zero-order chi connectivity index (χ0) is 61.1. The van der Waals surface area contributed by atoms with E-state index >= 15 is 4.79 Å². The number of hydrogen-bond acceptors (Lipinski definition) is 26. The number of carbonyl (C=O) groups excluding carboxylic acids is 1. The van der Waals surface area contributed by atoms with Crippen LogP contribution in [0.5, 0.6) is 0 Å². The van der Waals surface area contributed by atoms with E-state index in [9.17, 15) is 76.6 Å². The summed E-state index contributed by atoms with van der Waals surface area (Å²) < 4.78 is 59.4. The summed E-state index contributed by atoms with van der Waals surface area (Å²) in [5, 5.41) is 162. The highest BCUT2D eigenvalue weighted by molar-refractivity contribution is 5.79. The lowest BCUT2D eigenvalue weighted by Crippen LogP contribution is -2.67. The minimum absolute atomic E-state index is 0.0990. The molecule has 32 atom stereocenters. The molecule has 482 valence electrons. The number of carbonyl (C=O) groups is 1. The van der Waals surface area contributed by atoms with Crippen LogP contribution in [0.4, 0.5) is 0 Å². The van der Waals surface area contributed by atoms with Crippen molar-refractivity contribution in [2.45, 2.75) is 260 Å². The maximum Gasteiger partial charge on any atom is 0.315 e. The summed E-state index contributed by atoms with van der Waals surface area (Å²) in [4.78, 5) is 15.1. The number of fused-ring (bicyclic) bond motifs is 7. The van der Waals surface area contributed by atoms with E-state index in [0.717, 1.165) is 6.42 Å². The molecule has 5 aliphatic carbocycles. The highest BCUT2D eigenvalue weighted by atomic mass is 16.8.